The molecule has 2 rings (SSSR count). The molecular weight excluding hydrogens is 409 g/mol. The monoisotopic (exact) mass is 419 g/mol. The van der Waals surface area contributed by atoms with Gasteiger partial charge in [0.15, 0.2) is 0 Å². The summed E-state index contributed by atoms with van der Waals surface area (Å²) in [6.07, 6.45) is 1.57. The maximum absolute atomic E-state index is 12.0. The molecule has 1 heterocycles. The number of nitrogen functional groups attached to an aromatic ring is 1. The Kier molecular flexibility index (Phi) is 4.06. The molecule has 0 radical (unpaired) electrons. The Morgan fingerprint density at radius 3 is 2.83 bits per heavy atom. The first-order valence-electron chi connectivity index (χ1n) is 5.24. The van der Waals surface area contributed by atoms with Gasteiger partial charge >= 0.3 is 0 Å². The molecule has 0 bridgehead atoms. The highest BCUT2D eigenvalue weighted by molar-refractivity contribution is 14.1. The van der Waals surface area contributed by atoms with Crippen LogP contribution in [0, 0.1) is 10.5 Å². The van der Waals surface area contributed by atoms with Crippen LogP contribution in [0.15, 0.2) is 33.8 Å². The Balaban J connectivity index is 2.40. The lowest BCUT2D eigenvalue weighted by molar-refractivity contribution is 0.723. The Morgan fingerprint density at radius 1 is 1.44 bits per heavy atom. The van der Waals surface area contributed by atoms with E-state index in [9.17, 15) is 4.79 Å². The average molecular weight is 420 g/mol. The summed E-state index contributed by atoms with van der Waals surface area (Å²) in [5.74, 6) is 0. The van der Waals surface area contributed by atoms with Gasteiger partial charge in [-0.05, 0) is 53.3 Å². The molecule has 0 aliphatic rings. The standard InChI is InChI=1S/C12H11BrIN3O/c1-7-11(14)12(18)17(6-16-7)5-8-2-9(13)4-10(15)3-8/h2-4,6H,5,15H2,1H3. The molecule has 0 saturated carbocycles. The minimum Gasteiger partial charge on any atom is -0.399 e. The van der Waals surface area contributed by atoms with E-state index in [0.717, 1.165) is 15.7 Å². The van der Waals surface area contributed by atoms with Crippen LogP contribution in [0.25, 0.3) is 0 Å². The Hall–Kier alpha value is -0.890. The molecule has 2 N–H and O–H groups in total. The van der Waals surface area contributed by atoms with Crippen LogP contribution in [0.2, 0.25) is 0 Å². The smallest absolute Gasteiger partial charge is 0.267 e. The molecule has 2 aromatic rings. The number of hydrogen-bond donors (Lipinski definition) is 1. The van der Waals surface area contributed by atoms with E-state index in [1.165, 1.54) is 0 Å². The van der Waals surface area contributed by atoms with E-state index in [1.807, 2.05) is 47.7 Å². The number of aryl methyl sites for hydroxylation is 1. The lowest BCUT2D eigenvalue weighted by atomic mass is 10.2. The third kappa shape index (κ3) is 2.92. The van der Waals surface area contributed by atoms with Crippen LogP contribution in [0.4, 0.5) is 5.69 Å². The number of hydrogen-bond acceptors (Lipinski definition) is 3. The maximum Gasteiger partial charge on any atom is 0.267 e. The van der Waals surface area contributed by atoms with Crippen molar-refractivity contribution in [3.05, 3.63) is 54.2 Å². The first-order valence-corrected chi connectivity index (χ1v) is 7.11. The summed E-state index contributed by atoms with van der Waals surface area (Å²) in [4.78, 5) is 16.2. The second kappa shape index (κ2) is 5.40. The van der Waals surface area contributed by atoms with Crippen molar-refractivity contribution in [2.24, 2.45) is 0 Å². The van der Waals surface area contributed by atoms with Crippen molar-refractivity contribution >= 4 is 44.2 Å². The number of halogens is 2. The zero-order chi connectivity index (χ0) is 13.3. The topological polar surface area (TPSA) is 60.9 Å². The maximum atomic E-state index is 12.0. The van der Waals surface area contributed by atoms with Crippen LogP contribution in [-0.4, -0.2) is 9.55 Å². The van der Waals surface area contributed by atoms with Crippen LogP contribution in [0.3, 0.4) is 0 Å². The predicted molar refractivity (Wildman–Crippen MR) is 83.6 cm³/mol. The van der Waals surface area contributed by atoms with Gasteiger partial charge in [-0.25, -0.2) is 4.98 Å². The predicted octanol–water partition coefficient (Wildman–Crippen LogP) is 2.55. The second-order valence-electron chi connectivity index (χ2n) is 3.97. The lowest BCUT2D eigenvalue weighted by Crippen LogP contribution is -2.24. The third-order valence-corrected chi connectivity index (χ3v) is 4.19. The van der Waals surface area contributed by atoms with Crippen molar-refractivity contribution in [3.63, 3.8) is 0 Å². The van der Waals surface area contributed by atoms with Crippen molar-refractivity contribution in [1.29, 1.82) is 0 Å². The number of aromatic nitrogens is 2. The second-order valence-corrected chi connectivity index (χ2v) is 5.96. The van der Waals surface area contributed by atoms with Gasteiger partial charge in [0.1, 0.15) is 0 Å². The summed E-state index contributed by atoms with van der Waals surface area (Å²) in [6.45, 7) is 2.29. The molecule has 18 heavy (non-hydrogen) atoms. The third-order valence-electron chi connectivity index (χ3n) is 2.49. The largest absolute Gasteiger partial charge is 0.399 e. The number of benzene rings is 1. The lowest BCUT2D eigenvalue weighted by Gasteiger charge is -2.08. The quantitative estimate of drug-likeness (QED) is 0.601. The highest BCUT2D eigenvalue weighted by atomic mass is 127. The highest BCUT2D eigenvalue weighted by Crippen LogP contribution is 2.17. The average Bonchev–Trinajstić information content (AvgIpc) is 2.29. The van der Waals surface area contributed by atoms with Crippen molar-refractivity contribution in [2.75, 3.05) is 5.73 Å². The van der Waals surface area contributed by atoms with Crippen LogP contribution in [0.1, 0.15) is 11.3 Å². The van der Waals surface area contributed by atoms with Crippen molar-refractivity contribution in [3.8, 4) is 0 Å². The molecule has 6 heteroatoms. The summed E-state index contributed by atoms with van der Waals surface area (Å²) in [7, 11) is 0. The molecule has 1 aromatic carbocycles. The number of nitrogens with zero attached hydrogens (tertiary/aromatic N) is 2. The van der Waals surface area contributed by atoms with Crippen LogP contribution >= 0.6 is 38.5 Å². The molecule has 94 valence electrons. The zero-order valence-corrected chi connectivity index (χ0v) is 13.4. The zero-order valence-electron chi connectivity index (χ0n) is 9.65. The fourth-order valence-electron chi connectivity index (χ4n) is 1.62. The van der Waals surface area contributed by atoms with Crippen LogP contribution in [-0.2, 0) is 6.54 Å². The number of nitrogens with two attached hydrogens (primary N) is 1. The molecular formula is C12H11BrIN3O. The van der Waals surface area contributed by atoms with Gasteiger partial charge in [0, 0.05) is 10.2 Å². The van der Waals surface area contributed by atoms with E-state index in [1.54, 1.807) is 10.9 Å². The Labute approximate surface area is 126 Å². The van der Waals surface area contributed by atoms with Crippen molar-refractivity contribution < 1.29 is 0 Å². The molecule has 0 spiro atoms. The summed E-state index contributed by atoms with van der Waals surface area (Å²) in [6, 6.07) is 5.61. The fraction of sp³-hybridized carbons (Fsp3) is 0.167. The molecule has 0 saturated heterocycles. The molecule has 0 fully saturated rings. The van der Waals surface area contributed by atoms with Gasteiger partial charge in [0.05, 0.1) is 22.1 Å². The first kappa shape index (κ1) is 13.5. The Bertz CT molecular complexity index is 634. The molecule has 1 aromatic heterocycles. The minimum absolute atomic E-state index is 0.0263. The van der Waals surface area contributed by atoms with Crippen molar-refractivity contribution in [2.45, 2.75) is 13.5 Å². The van der Waals surface area contributed by atoms with E-state index in [4.69, 9.17) is 5.73 Å². The summed E-state index contributed by atoms with van der Waals surface area (Å²) in [5, 5.41) is 0. The van der Waals surface area contributed by atoms with Crippen molar-refractivity contribution in [1.82, 2.24) is 9.55 Å². The van der Waals surface area contributed by atoms with E-state index in [0.29, 0.717) is 15.8 Å². The molecule has 0 aliphatic carbocycles. The normalized spacial score (nSPS) is 10.6. The van der Waals surface area contributed by atoms with Gasteiger partial charge in [0.25, 0.3) is 5.56 Å². The SMILES string of the molecule is Cc1ncn(Cc2cc(N)cc(Br)c2)c(=O)c1I. The van der Waals surface area contributed by atoms with Gasteiger partial charge in [-0.3, -0.25) is 9.36 Å². The molecule has 0 aliphatic heterocycles. The minimum atomic E-state index is -0.0263. The van der Waals surface area contributed by atoms with E-state index >= 15 is 0 Å². The fourth-order valence-corrected chi connectivity index (χ4v) is 2.63. The van der Waals surface area contributed by atoms with Gasteiger partial charge in [-0.2, -0.15) is 0 Å². The van der Waals surface area contributed by atoms with Gasteiger partial charge in [-0.1, -0.05) is 15.9 Å². The summed E-state index contributed by atoms with van der Waals surface area (Å²) < 4.78 is 3.13. The van der Waals surface area contributed by atoms with Crippen LogP contribution < -0.4 is 11.3 Å². The first-order chi connectivity index (χ1) is 8.47. The summed E-state index contributed by atoms with van der Waals surface area (Å²) >= 11 is 5.41. The number of anilines is 1. The van der Waals surface area contributed by atoms with Crippen LogP contribution in [0.5, 0.6) is 0 Å². The van der Waals surface area contributed by atoms with Gasteiger partial charge in [0.2, 0.25) is 0 Å². The molecule has 0 unspecified atom stereocenters. The molecule has 4 nitrogen and oxygen atoms in total. The molecule has 0 amide bonds. The molecule has 0 atom stereocenters. The van der Waals surface area contributed by atoms with Gasteiger partial charge in [-0.15, -0.1) is 0 Å². The highest BCUT2D eigenvalue weighted by Gasteiger charge is 2.06. The number of rotatable bonds is 2. The van der Waals surface area contributed by atoms with E-state index in [-0.39, 0.29) is 5.56 Å². The Morgan fingerprint density at radius 2 is 2.17 bits per heavy atom. The van der Waals surface area contributed by atoms with Gasteiger partial charge < -0.3 is 5.73 Å². The van der Waals surface area contributed by atoms with E-state index in [2.05, 4.69) is 20.9 Å². The van der Waals surface area contributed by atoms with E-state index < -0.39 is 0 Å². The summed E-state index contributed by atoms with van der Waals surface area (Å²) in [5.41, 5.74) is 8.13.